The zero-order valence-corrected chi connectivity index (χ0v) is 10.3. The third-order valence-corrected chi connectivity index (χ3v) is 6.24. The van der Waals surface area contributed by atoms with Crippen LogP contribution in [0.4, 0.5) is 0 Å². The molecule has 0 aliphatic heterocycles. The van der Waals surface area contributed by atoms with Gasteiger partial charge >= 0.3 is 15.2 Å². The first-order chi connectivity index (χ1) is 7.08. The quantitative estimate of drug-likeness (QED) is 0.474. The molecule has 0 spiro atoms. The van der Waals surface area contributed by atoms with Crippen molar-refractivity contribution in [1.82, 2.24) is 4.37 Å². The topological polar surface area (TPSA) is 148 Å². The summed E-state index contributed by atoms with van der Waals surface area (Å²) in [4.78, 5) is 35.3. The molecule has 0 amide bonds. The number of nitrogens with zero attached hydrogens (tertiary/aromatic N) is 1. The fraction of sp³-hybridized carbons (Fsp3) is 0.400. The average Bonchev–Trinajstić information content (AvgIpc) is 2.52. The fourth-order valence-electron chi connectivity index (χ4n) is 0.964. The first kappa shape index (κ1) is 14.0. The normalized spacial score (nSPS) is 14.1. The zero-order chi connectivity index (χ0) is 12.6. The van der Waals surface area contributed by atoms with Gasteiger partial charge in [-0.05, 0) is 17.1 Å². The van der Waals surface area contributed by atoms with E-state index in [1.165, 1.54) is 11.6 Å². The molecule has 92 valence electrons. The van der Waals surface area contributed by atoms with Gasteiger partial charge in [0.2, 0.25) is 0 Å². The van der Waals surface area contributed by atoms with Gasteiger partial charge in [0, 0.05) is 18.0 Å². The first-order valence-corrected chi connectivity index (χ1v) is 7.86. The molecule has 0 fully saturated rings. The van der Waals surface area contributed by atoms with E-state index in [0.717, 1.165) is 11.5 Å². The van der Waals surface area contributed by atoms with Crippen LogP contribution in [0, 0.1) is 0 Å². The molecule has 1 aromatic heterocycles. The van der Waals surface area contributed by atoms with Crippen LogP contribution in [-0.4, -0.2) is 34.1 Å². The van der Waals surface area contributed by atoms with Gasteiger partial charge in [0.1, 0.15) is 0 Å². The Morgan fingerprint density at radius 1 is 1.25 bits per heavy atom. The molecule has 0 aliphatic carbocycles. The minimum absolute atomic E-state index is 0.138. The molecular weight excluding hydrogens is 280 g/mol. The number of aromatic nitrogens is 1. The van der Waals surface area contributed by atoms with Crippen molar-refractivity contribution in [2.75, 3.05) is 0 Å². The van der Waals surface area contributed by atoms with Crippen molar-refractivity contribution in [2.45, 2.75) is 11.5 Å². The van der Waals surface area contributed by atoms with Gasteiger partial charge in [-0.3, -0.25) is 9.13 Å². The zero-order valence-electron chi connectivity index (χ0n) is 7.66. The van der Waals surface area contributed by atoms with Gasteiger partial charge < -0.3 is 24.7 Å². The lowest BCUT2D eigenvalue weighted by atomic mass is 10.3. The number of hydrogen-bond acceptors (Lipinski definition) is 5. The highest BCUT2D eigenvalue weighted by atomic mass is 32.1. The summed E-state index contributed by atoms with van der Waals surface area (Å²) in [7, 11) is -10.8. The molecule has 0 aromatic carbocycles. The van der Waals surface area contributed by atoms with Gasteiger partial charge in [0.15, 0.2) is 0 Å². The molecule has 0 unspecified atom stereocenters. The molecule has 0 aliphatic rings. The van der Waals surface area contributed by atoms with Crippen molar-refractivity contribution >= 4 is 26.7 Å². The number of rotatable bonds is 4. The summed E-state index contributed by atoms with van der Waals surface area (Å²) in [6.07, 6.45) is 0.305. The Bertz CT molecular complexity index is 425. The van der Waals surface area contributed by atoms with Crippen LogP contribution < -0.4 is 0 Å². The van der Waals surface area contributed by atoms with Gasteiger partial charge in [-0.1, -0.05) is 0 Å². The van der Waals surface area contributed by atoms with Crippen molar-refractivity contribution in [3.8, 4) is 0 Å². The van der Waals surface area contributed by atoms with Crippen molar-refractivity contribution in [3.63, 3.8) is 0 Å². The highest BCUT2D eigenvalue weighted by Crippen LogP contribution is 2.68. The molecule has 16 heavy (non-hydrogen) atoms. The van der Waals surface area contributed by atoms with Crippen LogP contribution in [0.5, 0.6) is 0 Å². The smallest absolute Gasteiger partial charge is 0.367 e. The summed E-state index contributed by atoms with van der Waals surface area (Å²) < 4.78 is 25.5. The number of aliphatic hydroxyl groups is 1. The van der Waals surface area contributed by atoms with Gasteiger partial charge in [0.05, 0.1) is 0 Å². The predicted octanol–water partition coefficient (Wildman–Crippen LogP) is -0.313. The molecule has 0 saturated carbocycles. The van der Waals surface area contributed by atoms with E-state index in [0.29, 0.717) is 0 Å². The molecule has 5 N–H and O–H groups in total. The summed E-state index contributed by atoms with van der Waals surface area (Å²) in [6.45, 7) is 0. The van der Waals surface area contributed by atoms with Crippen LogP contribution in [0.15, 0.2) is 11.6 Å². The maximum Gasteiger partial charge on any atom is 0.369 e. The molecule has 11 heteroatoms. The van der Waals surface area contributed by atoms with Crippen LogP contribution in [-0.2, 0) is 15.6 Å². The largest absolute Gasteiger partial charge is 0.369 e. The molecule has 0 bridgehead atoms. The van der Waals surface area contributed by atoms with Crippen molar-refractivity contribution in [2.24, 2.45) is 0 Å². The van der Waals surface area contributed by atoms with Crippen LogP contribution >= 0.6 is 26.7 Å². The average molecular weight is 289 g/mol. The molecule has 8 nitrogen and oxygen atoms in total. The summed E-state index contributed by atoms with van der Waals surface area (Å²) in [5.74, 6) is 0. The second-order valence-electron chi connectivity index (χ2n) is 3.07. The van der Waals surface area contributed by atoms with E-state index in [9.17, 15) is 14.2 Å². The highest BCUT2D eigenvalue weighted by Gasteiger charge is 2.59. The van der Waals surface area contributed by atoms with Gasteiger partial charge in [-0.2, -0.15) is 0 Å². The fourth-order valence-corrected chi connectivity index (χ4v) is 3.63. The molecule has 0 radical (unpaired) electrons. The van der Waals surface area contributed by atoms with Gasteiger partial charge in [0.25, 0.3) is 5.08 Å². The van der Waals surface area contributed by atoms with Crippen LogP contribution in [0.2, 0.25) is 0 Å². The molecule has 1 rings (SSSR count). The van der Waals surface area contributed by atoms with E-state index in [1.54, 1.807) is 0 Å². The summed E-state index contributed by atoms with van der Waals surface area (Å²) >= 11 is 0.935. The van der Waals surface area contributed by atoms with E-state index in [-0.39, 0.29) is 5.56 Å². The Hall–Kier alpha value is -0.110. The van der Waals surface area contributed by atoms with Gasteiger partial charge in [-0.15, -0.1) is 0 Å². The minimum atomic E-state index is -5.38. The summed E-state index contributed by atoms with van der Waals surface area (Å²) in [5, 5.41) is 7.44. The Morgan fingerprint density at radius 2 is 1.75 bits per heavy atom. The Kier molecular flexibility index (Phi) is 3.74. The lowest BCUT2D eigenvalue weighted by Gasteiger charge is -2.28. The van der Waals surface area contributed by atoms with E-state index in [2.05, 4.69) is 4.37 Å². The molecular formula is C5H9NO7P2S. The second-order valence-corrected chi connectivity index (χ2v) is 7.74. The monoisotopic (exact) mass is 289 g/mol. The third-order valence-electron chi connectivity index (χ3n) is 1.86. The molecule has 0 atom stereocenters. The number of hydrogen-bond donors (Lipinski definition) is 5. The molecule has 1 heterocycles. The lowest BCUT2D eigenvalue weighted by molar-refractivity contribution is 0.131. The molecule has 1 aromatic rings. The van der Waals surface area contributed by atoms with Crippen molar-refractivity contribution in [1.29, 1.82) is 0 Å². The Labute approximate surface area is 94.1 Å². The second kappa shape index (κ2) is 4.29. The predicted molar refractivity (Wildman–Crippen MR) is 54.9 cm³/mol. The lowest BCUT2D eigenvalue weighted by Crippen LogP contribution is -2.31. The Balaban J connectivity index is 3.18. The van der Waals surface area contributed by atoms with Crippen molar-refractivity contribution < 1.29 is 33.8 Å². The maximum atomic E-state index is 11.0. The first-order valence-electron chi connectivity index (χ1n) is 3.80. The van der Waals surface area contributed by atoms with E-state index < -0.39 is 26.7 Å². The highest BCUT2D eigenvalue weighted by molar-refractivity contribution is 7.72. The van der Waals surface area contributed by atoms with Gasteiger partial charge in [-0.25, -0.2) is 4.37 Å². The third kappa shape index (κ3) is 2.58. The molecule has 0 saturated heterocycles. The van der Waals surface area contributed by atoms with Crippen LogP contribution in [0.3, 0.4) is 0 Å². The maximum absolute atomic E-state index is 11.0. The SMILES string of the molecule is O=P(O)(O)C(O)(Cc1cnsc1)P(=O)(O)O. The standard InChI is InChI=1S/C5H9NO7P2S/c7-5(14(8,9)10,15(11,12)13)1-4-2-6-16-3-4/h2-3,7H,1H2,(H2,8,9,10)(H2,11,12,13). The van der Waals surface area contributed by atoms with E-state index in [4.69, 9.17) is 19.6 Å². The van der Waals surface area contributed by atoms with Crippen LogP contribution in [0.1, 0.15) is 5.56 Å². The van der Waals surface area contributed by atoms with E-state index >= 15 is 0 Å². The summed E-state index contributed by atoms with van der Waals surface area (Å²) in [6, 6.07) is 0. The minimum Gasteiger partial charge on any atom is -0.367 e. The summed E-state index contributed by atoms with van der Waals surface area (Å²) in [5.41, 5.74) is 0.138. The van der Waals surface area contributed by atoms with Crippen LogP contribution in [0.25, 0.3) is 0 Å². The van der Waals surface area contributed by atoms with E-state index in [1.807, 2.05) is 0 Å². The Morgan fingerprint density at radius 3 is 2.06 bits per heavy atom. The van der Waals surface area contributed by atoms with Crippen molar-refractivity contribution in [3.05, 3.63) is 17.1 Å².